The Morgan fingerprint density at radius 1 is 1.03 bits per heavy atom. The highest BCUT2D eigenvalue weighted by Gasteiger charge is 2.23. The van der Waals surface area contributed by atoms with Gasteiger partial charge in [0.05, 0.1) is 16.6 Å². The van der Waals surface area contributed by atoms with Crippen LogP contribution in [-0.4, -0.2) is 16.9 Å². The summed E-state index contributed by atoms with van der Waals surface area (Å²) in [5, 5.41) is 26.3. The van der Waals surface area contributed by atoms with Crippen molar-refractivity contribution in [2.45, 2.75) is 12.5 Å². The van der Waals surface area contributed by atoms with Crippen LogP contribution in [0.3, 0.4) is 0 Å². The van der Waals surface area contributed by atoms with Gasteiger partial charge in [-0.25, -0.2) is 0 Å². The quantitative estimate of drug-likeness (QED) is 0.469. The van der Waals surface area contributed by atoms with Crippen molar-refractivity contribution in [3.8, 4) is 6.07 Å². The molecule has 1 atom stereocenters. The second-order valence-electron chi connectivity index (χ2n) is 6.34. The number of hydrogen-bond acceptors (Lipinski definition) is 5. The number of anilines is 2. The largest absolute Gasteiger partial charge is 0.368 e. The second kappa shape index (κ2) is 9.15. The van der Waals surface area contributed by atoms with Gasteiger partial charge in [0, 0.05) is 18.2 Å². The minimum Gasteiger partial charge on any atom is -0.368 e. The molecule has 0 aliphatic carbocycles. The van der Waals surface area contributed by atoms with Gasteiger partial charge in [0.1, 0.15) is 11.7 Å². The van der Waals surface area contributed by atoms with Crippen LogP contribution in [0.15, 0.2) is 78.9 Å². The normalized spacial score (nSPS) is 11.1. The number of carbonyl (C=O) groups excluding carboxylic acids is 1. The Labute approximate surface area is 167 Å². The lowest BCUT2D eigenvalue weighted by molar-refractivity contribution is -0.384. The molecule has 3 rings (SSSR count). The third-order valence-corrected chi connectivity index (χ3v) is 4.29. The number of nitro groups is 1. The van der Waals surface area contributed by atoms with Gasteiger partial charge < -0.3 is 10.6 Å². The molecule has 3 aromatic rings. The Hall–Kier alpha value is -4.18. The SMILES string of the molecule is N#Cc1ccc(N[C@H](Cc2ccccc2)C(=O)Nc2ccccc2)c([N+](=O)[O-])c1. The molecule has 0 heterocycles. The summed E-state index contributed by atoms with van der Waals surface area (Å²) in [6.45, 7) is 0. The predicted octanol–water partition coefficient (Wildman–Crippen LogP) is 4.13. The zero-order valence-electron chi connectivity index (χ0n) is 15.4. The maximum atomic E-state index is 12.9. The Bertz CT molecular complexity index is 1050. The van der Waals surface area contributed by atoms with E-state index in [2.05, 4.69) is 10.6 Å². The van der Waals surface area contributed by atoms with Crippen LogP contribution in [0.1, 0.15) is 11.1 Å². The molecule has 0 saturated heterocycles. The van der Waals surface area contributed by atoms with Crippen LogP contribution in [0, 0.1) is 21.4 Å². The summed E-state index contributed by atoms with van der Waals surface area (Å²) >= 11 is 0. The second-order valence-corrected chi connectivity index (χ2v) is 6.34. The minimum absolute atomic E-state index is 0.176. The van der Waals surface area contributed by atoms with E-state index in [0.717, 1.165) is 5.56 Å². The molecule has 3 aromatic carbocycles. The fraction of sp³-hybridized carbons (Fsp3) is 0.0909. The molecule has 0 fully saturated rings. The Balaban J connectivity index is 1.90. The number of nitro benzene ring substituents is 1. The van der Waals surface area contributed by atoms with Crippen LogP contribution in [-0.2, 0) is 11.2 Å². The van der Waals surface area contributed by atoms with Crippen LogP contribution in [0.4, 0.5) is 17.1 Å². The van der Waals surface area contributed by atoms with Crippen molar-refractivity contribution in [1.29, 1.82) is 5.26 Å². The van der Waals surface area contributed by atoms with E-state index in [-0.39, 0.29) is 22.8 Å². The number of hydrogen-bond donors (Lipinski definition) is 2. The van der Waals surface area contributed by atoms with Crippen molar-refractivity contribution in [3.63, 3.8) is 0 Å². The molecule has 0 aliphatic rings. The molecule has 0 aliphatic heterocycles. The molecular formula is C22H18N4O3. The number of nitrogens with zero attached hydrogens (tertiary/aromatic N) is 2. The topological polar surface area (TPSA) is 108 Å². The van der Waals surface area contributed by atoms with E-state index in [4.69, 9.17) is 5.26 Å². The predicted molar refractivity (Wildman–Crippen MR) is 110 cm³/mol. The van der Waals surface area contributed by atoms with Gasteiger partial charge in [0.2, 0.25) is 5.91 Å². The highest BCUT2D eigenvalue weighted by atomic mass is 16.6. The molecule has 7 heteroatoms. The number of benzene rings is 3. The Morgan fingerprint density at radius 3 is 2.31 bits per heavy atom. The van der Waals surface area contributed by atoms with E-state index < -0.39 is 11.0 Å². The number of amides is 1. The Morgan fingerprint density at radius 2 is 1.69 bits per heavy atom. The van der Waals surface area contributed by atoms with Crippen molar-refractivity contribution in [2.75, 3.05) is 10.6 Å². The summed E-state index contributed by atoms with van der Waals surface area (Å²) < 4.78 is 0. The molecule has 0 bridgehead atoms. The van der Waals surface area contributed by atoms with E-state index in [1.807, 2.05) is 42.5 Å². The third kappa shape index (κ3) is 5.17. The van der Waals surface area contributed by atoms with Gasteiger partial charge >= 0.3 is 0 Å². The molecule has 29 heavy (non-hydrogen) atoms. The molecule has 144 valence electrons. The molecular weight excluding hydrogens is 368 g/mol. The summed E-state index contributed by atoms with van der Waals surface area (Å²) in [6.07, 6.45) is 0.330. The maximum absolute atomic E-state index is 12.9. The fourth-order valence-corrected chi connectivity index (χ4v) is 2.87. The van der Waals surface area contributed by atoms with Crippen LogP contribution in [0.2, 0.25) is 0 Å². The zero-order valence-corrected chi connectivity index (χ0v) is 15.4. The van der Waals surface area contributed by atoms with Crippen molar-refractivity contribution < 1.29 is 9.72 Å². The van der Waals surface area contributed by atoms with Crippen LogP contribution in [0.25, 0.3) is 0 Å². The first-order valence-corrected chi connectivity index (χ1v) is 8.92. The summed E-state index contributed by atoms with van der Waals surface area (Å²) in [5.41, 5.74) is 1.64. The Kier molecular flexibility index (Phi) is 6.18. The molecule has 0 spiro atoms. The highest BCUT2D eigenvalue weighted by molar-refractivity contribution is 5.97. The van der Waals surface area contributed by atoms with Gasteiger partial charge in [-0.15, -0.1) is 0 Å². The molecule has 0 saturated carbocycles. The van der Waals surface area contributed by atoms with Gasteiger partial charge in [-0.2, -0.15) is 5.26 Å². The van der Waals surface area contributed by atoms with Crippen LogP contribution >= 0.6 is 0 Å². The highest BCUT2D eigenvalue weighted by Crippen LogP contribution is 2.27. The molecule has 1 amide bonds. The van der Waals surface area contributed by atoms with Crippen LogP contribution < -0.4 is 10.6 Å². The van der Waals surface area contributed by atoms with Gasteiger partial charge in [0.25, 0.3) is 5.69 Å². The lowest BCUT2D eigenvalue weighted by Crippen LogP contribution is -2.36. The number of nitriles is 1. The van der Waals surface area contributed by atoms with Gasteiger partial charge in [-0.3, -0.25) is 14.9 Å². The van der Waals surface area contributed by atoms with Crippen molar-refractivity contribution in [1.82, 2.24) is 0 Å². The number of para-hydroxylation sites is 1. The monoisotopic (exact) mass is 386 g/mol. The summed E-state index contributed by atoms with van der Waals surface area (Å²) in [5.74, 6) is -0.321. The number of carbonyl (C=O) groups is 1. The van der Waals surface area contributed by atoms with E-state index in [1.54, 1.807) is 24.3 Å². The average Bonchev–Trinajstić information content (AvgIpc) is 2.74. The number of rotatable bonds is 7. The van der Waals surface area contributed by atoms with Gasteiger partial charge in [0.15, 0.2) is 0 Å². The van der Waals surface area contributed by atoms with Crippen molar-refractivity contribution >= 4 is 23.0 Å². The first kappa shape index (κ1) is 19.6. The third-order valence-electron chi connectivity index (χ3n) is 4.29. The van der Waals surface area contributed by atoms with Gasteiger partial charge in [-0.05, 0) is 29.8 Å². The summed E-state index contributed by atoms with van der Waals surface area (Å²) in [4.78, 5) is 23.8. The average molecular weight is 386 g/mol. The van der Waals surface area contributed by atoms with E-state index in [0.29, 0.717) is 12.1 Å². The van der Waals surface area contributed by atoms with Gasteiger partial charge in [-0.1, -0.05) is 48.5 Å². The lowest BCUT2D eigenvalue weighted by Gasteiger charge is -2.20. The summed E-state index contributed by atoms with van der Waals surface area (Å²) in [7, 11) is 0. The number of nitrogens with one attached hydrogen (secondary N) is 2. The smallest absolute Gasteiger partial charge is 0.293 e. The van der Waals surface area contributed by atoms with E-state index in [9.17, 15) is 14.9 Å². The molecule has 0 radical (unpaired) electrons. The maximum Gasteiger partial charge on any atom is 0.293 e. The minimum atomic E-state index is -0.760. The van der Waals surface area contributed by atoms with E-state index >= 15 is 0 Å². The molecule has 2 N–H and O–H groups in total. The first-order valence-electron chi connectivity index (χ1n) is 8.92. The van der Waals surface area contributed by atoms with Crippen molar-refractivity contribution in [2.24, 2.45) is 0 Å². The summed E-state index contributed by atoms with van der Waals surface area (Å²) in [6, 6.07) is 23.6. The van der Waals surface area contributed by atoms with Crippen LogP contribution in [0.5, 0.6) is 0 Å². The fourth-order valence-electron chi connectivity index (χ4n) is 2.87. The lowest BCUT2D eigenvalue weighted by atomic mass is 10.0. The van der Waals surface area contributed by atoms with E-state index in [1.165, 1.54) is 18.2 Å². The zero-order chi connectivity index (χ0) is 20.6. The van der Waals surface area contributed by atoms with Crippen molar-refractivity contribution in [3.05, 3.63) is 100 Å². The first-order chi connectivity index (χ1) is 14.1. The molecule has 0 unspecified atom stereocenters. The standard InChI is InChI=1S/C22H18N4O3/c23-15-17-11-12-19(21(14-17)26(28)29)25-20(13-16-7-3-1-4-8-16)22(27)24-18-9-5-2-6-10-18/h1-12,14,20,25H,13H2,(H,24,27)/t20-/m1/s1. The molecule has 7 nitrogen and oxygen atoms in total. The molecule has 0 aromatic heterocycles.